The minimum atomic E-state index is -0.300. The van der Waals surface area contributed by atoms with Gasteiger partial charge < -0.3 is 9.84 Å². The molecular formula is C7H14O2. The molecule has 54 valence electrons. The number of hydrogen-bond acceptors (Lipinski definition) is 2. The Labute approximate surface area is 55.8 Å². The lowest BCUT2D eigenvalue weighted by Gasteiger charge is -2.25. The predicted octanol–water partition coefficient (Wildman–Crippen LogP) is 0.936. The van der Waals surface area contributed by atoms with Gasteiger partial charge in [-0.25, -0.2) is 0 Å². The summed E-state index contributed by atoms with van der Waals surface area (Å²) >= 11 is 0. The molecule has 1 fully saturated rings. The molecule has 0 amide bonds. The summed E-state index contributed by atoms with van der Waals surface area (Å²) in [6, 6.07) is 0. The number of ether oxygens (including phenoxy) is 1. The number of aliphatic hydroxyl groups excluding tert-OH is 1. The highest BCUT2D eigenvalue weighted by Crippen LogP contribution is 2.21. The standard InChI is InChI=1S/C7H14O2/c1-6(8)5-9-7-3-2-4-7/h6-8H,2-5H2,1H3/t6-/m1/s1. The van der Waals surface area contributed by atoms with Crippen LogP contribution in [0.5, 0.6) is 0 Å². The van der Waals surface area contributed by atoms with Crippen LogP contribution in [0.2, 0.25) is 0 Å². The molecule has 2 nitrogen and oxygen atoms in total. The maximum Gasteiger partial charge on any atom is 0.0745 e. The Morgan fingerprint density at radius 2 is 2.33 bits per heavy atom. The first kappa shape index (κ1) is 7.03. The minimum absolute atomic E-state index is 0.300. The fourth-order valence-corrected chi connectivity index (χ4v) is 0.813. The zero-order valence-electron chi connectivity index (χ0n) is 5.84. The van der Waals surface area contributed by atoms with Crippen molar-refractivity contribution in [2.24, 2.45) is 0 Å². The van der Waals surface area contributed by atoms with Crippen LogP contribution in [0.15, 0.2) is 0 Å². The Hall–Kier alpha value is -0.0800. The van der Waals surface area contributed by atoms with Crippen molar-refractivity contribution in [3.63, 3.8) is 0 Å². The van der Waals surface area contributed by atoms with Gasteiger partial charge in [0.1, 0.15) is 0 Å². The Balaban J connectivity index is 1.91. The van der Waals surface area contributed by atoms with Gasteiger partial charge in [-0.1, -0.05) is 0 Å². The van der Waals surface area contributed by atoms with Gasteiger partial charge in [0.05, 0.1) is 18.8 Å². The van der Waals surface area contributed by atoms with Gasteiger partial charge in [0.15, 0.2) is 0 Å². The SMILES string of the molecule is C[C@@H](O)COC1CCC1. The topological polar surface area (TPSA) is 29.5 Å². The zero-order chi connectivity index (χ0) is 6.69. The normalized spacial score (nSPS) is 23.3. The van der Waals surface area contributed by atoms with Gasteiger partial charge in [-0.05, 0) is 26.2 Å². The first-order valence-electron chi connectivity index (χ1n) is 3.58. The van der Waals surface area contributed by atoms with Gasteiger partial charge in [-0.3, -0.25) is 0 Å². The highest BCUT2D eigenvalue weighted by Gasteiger charge is 2.17. The van der Waals surface area contributed by atoms with E-state index in [0.717, 1.165) is 0 Å². The molecule has 9 heavy (non-hydrogen) atoms. The second kappa shape index (κ2) is 3.18. The molecule has 0 radical (unpaired) electrons. The summed E-state index contributed by atoms with van der Waals surface area (Å²) in [5.41, 5.74) is 0. The summed E-state index contributed by atoms with van der Waals surface area (Å²) in [5, 5.41) is 8.80. The number of rotatable bonds is 3. The molecule has 0 spiro atoms. The van der Waals surface area contributed by atoms with Crippen LogP contribution < -0.4 is 0 Å². The van der Waals surface area contributed by atoms with Crippen molar-refractivity contribution < 1.29 is 9.84 Å². The molecule has 1 aliphatic carbocycles. The molecule has 1 saturated carbocycles. The first-order valence-corrected chi connectivity index (χ1v) is 3.58. The molecule has 1 N–H and O–H groups in total. The fourth-order valence-electron chi connectivity index (χ4n) is 0.813. The first-order chi connectivity index (χ1) is 4.29. The molecule has 1 atom stereocenters. The van der Waals surface area contributed by atoms with Crippen molar-refractivity contribution in [1.82, 2.24) is 0 Å². The quantitative estimate of drug-likeness (QED) is 0.616. The second-order valence-corrected chi connectivity index (χ2v) is 2.74. The molecule has 0 bridgehead atoms. The van der Waals surface area contributed by atoms with E-state index in [9.17, 15) is 0 Å². The molecular weight excluding hydrogens is 116 g/mol. The van der Waals surface area contributed by atoms with E-state index in [1.54, 1.807) is 6.92 Å². The van der Waals surface area contributed by atoms with Crippen molar-refractivity contribution in [1.29, 1.82) is 0 Å². The van der Waals surface area contributed by atoms with Gasteiger partial charge in [0, 0.05) is 0 Å². The van der Waals surface area contributed by atoms with Crippen LogP contribution in [0.3, 0.4) is 0 Å². The molecule has 2 heteroatoms. The van der Waals surface area contributed by atoms with E-state index in [-0.39, 0.29) is 6.10 Å². The van der Waals surface area contributed by atoms with E-state index >= 15 is 0 Å². The predicted molar refractivity (Wildman–Crippen MR) is 35.3 cm³/mol. The highest BCUT2D eigenvalue weighted by atomic mass is 16.5. The minimum Gasteiger partial charge on any atom is -0.391 e. The fraction of sp³-hybridized carbons (Fsp3) is 1.00. The third-order valence-electron chi connectivity index (χ3n) is 1.63. The van der Waals surface area contributed by atoms with Crippen LogP contribution in [0.1, 0.15) is 26.2 Å². The van der Waals surface area contributed by atoms with Crippen molar-refractivity contribution >= 4 is 0 Å². The van der Waals surface area contributed by atoms with E-state index in [0.29, 0.717) is 12.7 Å². The summed E-state index contributed by atoms with van der Waals surface area (Å²) in [7, 11) is 0. The summed E-state index contributed by atoms with van der Waals surface area (Å²) in [4.78, 5) is 0. The monoisotopic (exact) mass is 130 g/mol. The summed E-state index contributed by atoms with van der Waals surface area (Å²) in [6.07, 6.45) is 3.83. The van der Waals surface area contributed by atoms with E-state index in [4.69, 9.17) is 9.84 Å². The van der Waals surface area contributed by atoms with Crippen LogP contribution in [0.4, 0.5) is 0 Å². The molecule has 0 heterocycles. The van der Waals surface area contributed by atoms with Crippen LogP contribution >= 0.6 is 0 Å². The Kier molecular flexibility index (Phi) is 2.49. The maximum absolute atomic E-state index is 8.80. The maximum atomic E-state index is 8.80. The van der Waals surface area contributed by atoms with Crippen LogP contribution in [-0.2, 0) is 4.74 Å². The van der Waals surface area contributed by atoms with Crippen molar-refractivity contribution in [2.75, 3.05) is 6.61 Å². The van der Waals surface area contributed by atoms with Crippen molar-refractivity contribution in [3.05, 3.63) is 0 Å². The smallest absolute Gasteiger partial charge is 0.0745 e. The zero-order valence-corrected chi connectivity index (χ0v) is 5.84. The number of hydrogen-bond donors (Lipinski definition) is 1. The summed E-state index contributed by atoms with van der Waals surface area (Å²) in [6.45, 7) is 2.25. The molecule has 0 aromatic rings. The molecule has 1 rings (SSSR count). The molecule has 0 aliphatic heterocycles. The molecule has 1 aliphatic rings. The molecule has 0 saturated heterocycles. The van der Waals surface area contributed by atoms with Gasteiger partial charge in [0.25, 0.3) is 0 Å². The largest absolute Gasteiger partial charge is 0.391 e. The van der Waals surface area contributed by atoms with Crippen molar-refractivity contribution in [2.45, 2.75) is 38.4 Å². The van der Waals surface area contributed by atoms with E-state index < -0.39 is 0 Å². The van der Waals surface area contributed by atoms with Gasteiger partial charge in [0.2, 0.25) is 0 Å². The molecule has 0 aromatic carbocycles. The molecule has 0 unspecified atom stereocenters. The molecule has 0 aromatic heterocycles. The van der Waals surface area contributed by atoms with Crippen LogP contribution in [0.25, 0.3) is 0 Å². The van der Waals surface area contributed by atoms with Gasteiger partial charge >= 0.3 is 0 Å². The van der Waals surface area contributed by atoms with E-state index in [1.165, 1.54) is 19.3 Å². The average molecular weight is 130 g/mol. The Morgan fingerprint density at radius 3 is 2.67 bits per heavy atom. The third kappa shape index (κ3) is 2.33. The summed E-state index contributed by atoms with van der Waals surface area (Å²) < 4.78 is 5.29. The van der Waals surface area contributed by atoms with Crippen LogP contribution in [0, 0.1) is 0 Å². The Bertz CT molecular complexity index is 77.0. The van der Waals surface area contributed by atoms with E-state index in [2.05, 4.69) is 0 Å². The van der Waals surface area contributed by atoms with Crippen LogP contribution in [-0.4, -0.2) is 23.9 Å². The highest BCUT2D eigenvalue weighted by molar-refractivity contribution is 4.69. The third-order valence-corrected chi connectivity index (χ3v) is 1.63. The summed E-state index contributed by atoms with van der Waals surface area (Å²) in [5.74, 6) is 0. The Morgan fingerprint density at radius 1 is 1.67 bits per heavy atom. The lowest BCUT2D eigenvalue weighted by Crippen LogP contribution is -2.25. The second-order valence-electron chi connectivity index (χ2n) is 2.74. The van der Waals surface area contributed by atoms with E-state index in [1.807, 2.05) is 0 Å². The number of aliphatic hydroxyl groups is 1. The van der Waals surface area contributed by atoms with Gasteiger partial charge in [-0.15, -0.1) is 0 Å². The lowest BCUT2D eigenvalue weighted by molar-refractivity contribution is -0.0368. The lowest BCUT2D eigenvalue weighted by atomic mass is 9.96. The average Bonchev–Trinajstić information content (AvgIpc) is 1.60. The van der Waals surface area contributed by atoms with Crippen molar-refractivity contribution in [3.8, 4) is 0 Å². The van der Waals surface area contributed by atoms with Gasteiger partial charge in [-0.2, -0.15) is 0 Å².